The Morgan fingerprint density at radius 2 is 1.80 bits per heavy atom. The summed E-state index contributed by atoms with van der Waals surface area (Å²) in [5.41, 5.74) is 0.613. The highest BCUT2D eigenvalue weighted by Crippen LogP contribution is 2.17. The van der Waals surface area contributed by atoms with Gasteiger partial charge in [-0.1, -0.05) is 12.1 Å². The van der Waals surface area contributed by atoms with Crippen LogP contribution in [0.3, 0.4) is 0 Å². The fourth-order valence-electron chi connectivity index (χ4n) is 2.29. The first-order chi connectivity index (χ1) is 8.99. The molecule has 7 heteroatoms. The molecular formula is C13H20ClFN2O2S. The van der Waals surface area contributed by atoms with Gasteiger partial charge in [0.15, 0.2) is 0 Å². The minimum atomic E-state index is -3.34. The molecule has 0 radical (unpaired) electrons. The van der Waals surface area contributed by atoms with Crippen LogP contribution in [0.2, 0.25) is 0 Å². The van der Waals surface area contributed by atoms with Gasteiger partial charge in [-0.15, -0.1) is 12.4 Å². The van der Waals surface area contributed by atoms with E-state index in [4.69, 9.17) is 0 Å². The summed E-state index contributed by atoms with van der Waals surface area (Å²) in [7, 11) is -1.71. The predicted molar refractivity (Wildman–Crippen MR) is 79.9 cm³/mol. The van der Waals surface area contributed by atoms with Gasteiger partial charge in [0.05, 0.1) is 5.75 Å². The lowest BCUT2D eigenvalue weighted by Gasteiger charge is -2.30. The van der Waals surface area contributed by atoms with Crippen molar-refractivity contribution >= 4 is 22.4 Å². The largest absolute Gasteiger partial charge is 0.317 e. The second-order valence-corrected chi connectivity index (χ2v) is 6.91. The molecule has 1 aliphatic heterocycles. The van der Waals surface area contributed by atoms with Crippen LogP contribution in [0.4, 0.5) is 4.39 Å². The Hall–Kier alpha value is -0.690. The summed E-state index contributed by atoms with van der Waals surface area (Å²) in [5.74, 6) is -0.430. The SMILES string of the molecule is CN(C1CCNCC1)S(=O)(=O)Cc1ccc(F)cc1.Cl. The lowest BCUT2D eigenvalue weighted by Crippen LogP contribution is -2.44. The number of benzene rings is 1. The fraction of sp³-hybridized carbons (Fsp3) is 0.538. The number of hydrogen-bond donors (Lipinski definition) is 1. The lowest BCUT2D eigenvalue weighted by atomic mass is 10.1. The fourth-order valence-corrected chi connectivity index (χ4v) is 3.77. The molecule has 0 saturated carbocycles. The molecular weight excluding hydrogens is 303 g/mol. The number of halogens is 2. The summed E-state index contributed by atoms with van der Waals surface area (Å²) < 4.78 is 38.9. The summed E-state index contributed by atoms with van der Waals surface area (Å²) >= 11 is 0. The van der Waals surface area contributed by atoms with E-state index < -0.39 is 10.0 Å². The summed E-state index contributed by atoms with van der Waals surface area (Å²) in [5, 5.41) is 3.21. The van der Waals surface area contributed by atoms with Gasteiger partial charge in [-0.2, -0.15) is 0 Å². The van der Waals surface area contributed by atoms with E-state index >= 15 is 0 Å². The Labute approximate surface area is 125 Å². The minimum absolute atomic E-state index is 0. The molecule has 0 aliphatic carbocycles. The molecule has 1 heterocycles. The van der Waals surface area contributed by atoms with Crippen LogP contribution in [0.15, 0.2) is 24.3 Å². The van der Waals surface area contributed by atoms with E-state index in [1.54, 1.807) is 7.05 Å². The van der Waals surface area contributed by atoms with Crippen molar-refractivity contribution in [2.45, 2.75) is 24.6 Å². The second-order valence-electron chi connectivity index (χ2n) is 4.88. The minimum Gasteiger partial charge on any atom is -0.317 e. The molecule has 114 valence electrons. The molecule has 20 heavy (non-hydrogen) atoms. The zero-order chi connectivity index (χ0) is 13.9. The summed E-state index contributed by atoms with van der Waals surface area (Å²) in [4.78, 5) is 0. The van der Waals surface area contributed by atoms with Crippen molar-refractivity contribution in [2.24, 2.45) is 0 Å². The Bertz CT molecular complexity index is 516. The highest BCUT2D eigenvalue weighted by molar-refractivity contribution is 7.88. The number of nitrogens with one attached hydrogen (secondary N) is 1. The number of nitrogens with zero attached hydrogens (tertiary/aromatic N) is 1. The third kappa shape index (κ3) is 4.41. The molecule has 2 rings (SSSR count). The van der Waals surface area contributed by atoms with Crippen LogP contribution in [-0.4, -0.2) is 38.9 Å². The van der Waals surface area contributed by atoms with Crippen LogP contribution in [0.5, 0.6) is 0 Å². The van der Waals surface area contributed by atoms with E-state index in [0.29, 0.717) is 5.56 Å². The predicted octanol–water partition coefficient (Wildman–Crippen LogP) is 1.76. The summed E-state index contributed by atoms with van der Waals surface area (Å²) in [6.45, 7) is 1.70. The normalized spacial score (nSPS) is 16.9. The number of piperidine rings is 1. The molecule has 1 aromatic carbocycles. The Morgan fingerprint density at radius 3 is 2.35 bits per heavy atom. The molecule has 1 saturated heterocycles. The van der Waals surface area contributed by atoms with Crippen LogP contribution in [-0.2, 0) is 15.8 Å². The maximum absolute atomic E-state index is 12.8. The third-order valence-corrected chi connectivity index (χ3v) is 5.40. The van der Waals surface area contributed by atoms with Crippen LogP contribution < -0.4 is 5.32 Å². The standard InChI is InChI=1S/C13H19FN2O2S.ClH/c1-16(13-6-8-15-9-7-13)19(17,18)10-11-2-4-12(14)5-3-11;/h2-5,13,15H,6-10H2,1H3;1H. The average Bonchev–Trinajstić information content (AvgIpc) is 2.41. The highest BCUT2D eigenvalue weighted by atomic mass is 35.5. The monoisotopic (exact) mass is 322 g/mol. The van der Waals surface area contributed by atoms with Gasteiger partial charge >= 0.3 is 0 Å². The van der Waals surface area contributed by atoms with E-state index in [9.17, 15) is 12.8 Å². The first-order valence-electron chi connectivity index (χ1n) is 6.40. The van der Waals surface area contributed by atoms with Crippen molar-refractivity contribution in [1.29, 1.82) is 0 Å². The van der Waals surface area contributed by atoms with Crippen molar-refractivity contribution in [3.8, 4) is 0 Å². The van der Waals surface area contributed by atoms with Gasteiger partial charge in [-0.05, 0) is 43.6 Å². The Balaban J connectivity index is 0.00000200. The maximum Gasteiger partial charge on any atom is 0.218 e. The molecule has 0 spiro atoms. The molecule has 0 unspecified atom stereocenters. The molecule has 4 nitrogen and oxygen atoms in total. The highest BCUT2D eigenvalue weighted by Gasteiger charge is 2.27. The van der Waals surface area contributed by atoms with Gasteiger partial charge in [-0.3, -0.25) is 0 Å². The average molecular weight is 323 g/mol. The van der Waals surface area contributed by atoms with E-state index in [2.05, 4.69) is 5.32 Å². The van der Waals surface area contributed by atoms with Gasteiger partial charge in [0.1, 0.15) is 5.82 Å². The van der Waals surface area contributed by atoms with E-state index in [1.807, 2.05) is 0 Å². The zero-order valence-electron chi connectivity index (χ0n) is 11.4. The van der Waals surface area contributed by atoms with E-state index in [-0.39, 0.29) is 30.0 Å². The van der Waals surface area contributed by atoms with Crippen molar-refractivity contribution < 1.29 is 12.8 Å². The third-order valence-electron chi connectivity index (χ3n) is 3.52. The number of rotatable bonds is 4. The van der Waals surface area contributed by atoms with Gasteiger partial charge in [0.2, 0.25) is 10.0 Å². The van der Waals surface area contributed by atoms with Gasteiger partial charge in [-0.25, -0.2) is 17.1 Å². The first kappa shape index (κ1) is 17.4. The Morgan fingerprint density at radius 1 is 1.25 bits per heavy atom. The number of hydrogen-bond acceptors (Lipinski definition) is 3. The summed E-state index contributed by atoms with van der Waals surface area (Å²) in [6, 6.07) is 5.67. The van der Waals surface area contributed by atoms with E-state index in [1.165, 1.54) is 28.6 Å². The van der Waals surface area contributed by atoms with Gasteiger partial charge < -0.3 is 5.32 Å². The van der Waals surface area contributed by atoms with Crippen molar-refractivity contribution in [3.63, 3.8) is 0 Å². The first-order valence-corrected chi connectivity index (χ1v) is 8.01. The van der Waals surface area contributed by atoms with Crippen LogP contribution in [0.1, 0.15) is 18.4 Å². The quantitative estimate of drug-likeness (QED) is 0.919. The van der Waals surface area contributed by atoms with Crippen molar-refractivity contribution in [3.05, 3.63) is 35.6 Å². The smallest absolute Gasteiger partial charge is 0.218 e. The zero-order valence-corrected chi connectivity index (χ0v) is 13.0. The second kappa shape index (κ2) is 7.36. The topological polar surface area (TPSA) is 49.4 Å². The van der Waals surface area contributed by atoms with Crippen LogP contribution >= 0.6 is 12.4 Å². The van der Waals surface area contributed by atoms with Crippen LogP contribution in [0.25, 0.3) is 0 Å². The molecule has 0 atom stereocenters. The van der Waals surface area contributed by atoms with Crippen molar-refractivity contribution in [1.82, 2.24) is 9.62 Å². The van der Waals surface area contributed by atoms with Gasteiger partial charge in [0.25, 0.3) is 0 Å². The molecule has 0 aromatic heterocycles. The van der Waals surface area contributed by atoms with E-state index in [0.717, 1.165) is 25.9 Å². The van der Waals surface area contributed by atoms with Gasteiger partial charge in [0, 0.05) is 13.1 Å². The van der Waals surface area contributed by atoms with Crippen LogP contribution in [0, 0.1) is 5.82 Å². The molecule has 1 fully saturated rings. The Kier molecular flexibility index (Phi) is 6.39. The summed E-state index contributed by atoms with van der Waals surface area (Å²) in [6.07, 6.45) is 1.66. The molecule has 1 aromatic rings. The van der Waals surface area contributed by atoms with Crippen molar-refractivity contribution in [2.75, 3.05) is 20.1 Å². The molecule has 0 amide bonds. The molecule has 1 aliphatic rings. The molecule has 0 bridgehead atoms. The number of sulfonamides is 1. The maximum atomic E-state index is 12.8. The molecule has 1 N–H and O–H groups in total. The lowest BCUT2D eigenvalue weighted by molar-refractivity contribution is 0.296.